The molecular weight excluding hydrogens is 421 g/mol. The Morgan fingerprint density at radius 3 is 2.28 bits per heavy atom. The maximum Gasteiger partial charge on any atom is 0.466 e. The van der Waals surface area contributed by atoms with Gasteiger partial charge >= 0.3 is 13.8 Å². The summed E-state index contributed by atoms with van der Waals surface area (Å²) in [5, 5.41) is 0.685. The van der Waals surface area contributed by atoms with Gasteiger partial charge in [0.1, 0.15) is 0 Å². The number of likely N-dealkylation sites (tertiary alicyclic amines) is 1. The molecule has 162 valence electrons. The van der Waals surface area contributed by atoms with E-state index in [0.717, 1.165) is 38.0 Å². The Morgan fingerprint density at radius 2 is 1.76 bits per heavy atom. The standard InChI is InChI=1S/C19H24ClNO3.H3O4P/c1-2-24-19(23)16-9-12-21(13-10-16)14-11-18(22)8-5-15-3-6-17(20)7-4-15;1-5(2,3)4/h3-8,16H,2,9-14H2,1H3;(H3,1,2,3,4)/b8-5+;. The fourth-order valence-electron chi connectivity index (χ4n) is 2.77. The number of rotatable bonds is 7. The molecule has 1 fully saturated rings. The van der Waals surface area contributed by atoms with Crippen molar-refractivity contribution in [1.82, 2.24) is 4.90 Å². The maximum absolute atomic E-state index is 12.0. The summed E-state index contributed by atoms with van der Waals surface area (Å²) >= 11 is 5.83. The number of ether oxygens (including phenoxy) is 1. The minimum absolute atomic E-state index is 0.0155. The Bertz CT molecular complexity index is 716. The molecular formula is C19H27ClNO7P. The van der Waals surface area contributed by atoms with E-state index in [1.165, 1.54) is 0 Å². The van der Waals surface area contributed by atoms with E-state index in [1.54, 1.807) is 18.2 Å². The minimum Gasteiger partial charge on any atom is -0.466 e. The number of phosphoric acid groups is 1. The van der Waals surface area contributed by atoms with Gasteiger partial charge < -0.3 is 24.3 Å². The lowest BCUT2D eigenvalue weighted by atomic mass is 9.97. The van der Waals surface area contributed by atoms with Crippen LogP contribution in [0.1, 0.15) is 31.7 Å². The molecule has 0 bridgehead atoms. The van der Waals surface area contributed by atoms with Crippen molar-refractivity contribution in [2.24, 2.45) is 5.92 Å². The number of halogens is 1. The molecule has 3 N–H and O–H groups in total. The molecule has 0 amide bonds. The van der Waals surface area contributed by atoms with Crippen LogP contribution in [0.25, 0.3) is 6.08 Å². The Balaban J connectivity index is 0.000000749. The molecule has 1 heterocycles. The number of hydrogen-bond acceptors (Lipinski definition) is 5. The van der Waals surface area contributed by atoms with Crippen LogP contribution >= 0.6 is 19.4 Å². The van der Waals surface area contributed by atoms with Gasteiger partial charge in [0, 0.05) is 18.0 Å². The maximum atomic E-state index is 12.0. The first-order valence-corrected chi connectivity index (χ1v) is 11.2. The molecule has 0 aromatic heterocycles. The van der Waals surface area contributed by atoms with Gasteiger partial charge in [-0.3, -0.25) is 9.59 Å². The van der Waals surface area contributed by atoms with Crippen LogP contribution in [-0.4, -0.2) is 57.6 Å². The van der Waals surface area contributed by atoms with Crippen LogP contribution in [0, 0.1) is 5.92 Å². The van der Waals surface area contributed by atoms with Crippen molar-refractivity contribution >= 4 is 37.3 Å². The number of nitrogens with zero attached hydrogens (tertiary/aromatic N) is 1. The Kier molecular flexibility index (Phi) is 11.3. The van der Waals surface area contributed by atoms with Gasteiger partial charge in [0.15, 0.2) is 5.78 Å². The van der Waals surface area contributed by atoms with E-state index in [2.05, 4.69) is 4.90 Å². The van der Waals surface area contributed by atoms with Gasteiger partial charge in [-0.05, 0) is 56.6 Å². The number of allylic oxidation sites excluding steroid dienone is 1. The SMILES string of the molecule is CCOC(=O)C1CCN(CCC(=O)/C=C/c2ccc(Cl)cc2)CC1.O=P(O)(O)O. The van der Waals surface area contributed by atoms with Gasteiger partial charge in [-0.1, -0.05) is 29.8 Å². The zero-order valence-electron chi connectivity index (χ0n) is 16.2. The summed E-state index contributed by atoms with van der Waals surface area (Å²) in [7, 11) is -4.64. The van der Waals surface area contributed by atoms with Crippen molar-refractivity contribution in [3.05, 3.63) is 40.9 Å². The highest BCUT2D eigenvalue weighted by Crippen LogP contribution is 2.25. The Hall–Kier alpha value is -1.54. The number of carbonyl (C=O) groups is 2. The fourth-order valence-corrected chi connectivity index (χ4v) is 2.89. The Morgan fingerprint density at radius 1 is 1.21 bits per heavy atom. The van der Waals surface area contributed by atoms with Crippen molar-refractivity contribution in [1.29, 1.82) is 0 Å². The van der Waals surface area contributed by atoms with Gasteiger partial charge in [-0.25, -0.2) is 4.57 Å². The molecule has 0 spiro atoms. The van der Waals surface area contributed by atoms with Crippen LogP contribution in [0.3, 0.4) is 0 Å². The highest BCUT2D eigenvalue weighted by molar-refractivity contribution is 7.45. The molecule has 0 unspecified atom stereocenters. The first-order valence-electron chi connectivity index (χ1n) is 9.22. The summed E-state index contributed by atoms with van der Waals surface area (Å²) in [5.74, 6) is 0.0401. The zero-order chi connectivity index (χ0) is 21.9. The summed E-state index contributed by atoms with van der Waals surface area (Å²) in [5.41, 5.74) is 0.961. The molecule has 0 aliphatic carbocycles. The number of esters is 1. The summed E-state index contributed by atoms with van der Waals surface area (Å²) in [4.78, 5) is 47.5. The number of hydrogen-bond donors (Lipinski definition) is 3. The summed E-state index contributed by atoms with van der Waals surface area (Å²) < 4.78 is 13.9. The average molecular weight is 448 g/mol. The lowest BCUT2D eigenvalue weighted by Gasteiger charge is -2.30. The van der Waals surface area contributed by atoms with E-state index in [0.29, 0.717) is 18.1 Å². The first-order chi connectivity index (χ1) is 13.6. The molecule has 0 atom stereocenters. The second-order valence-corrected chi connectivity index (χ2v) is 7.95. The molecule has 2 rings (SSSR count). The van der Waals surface area contributed by atoms with E-state index in [9.17, 15) is 9.59 Å². The molecule has 1 aliphatic rings. The monoisotopic (exact) mass is 447 g/mol. The lowest BCUT2D eigenvalue weighted by Crippen LogP contribution is -2.37. The summed E-state index contributed by atoms with van der Waals surface area (Å²) in [6, 6.07) is 7.37. The quantitative estimate of drug-likeness (QED) is 0.331. The normalized spacial score (nSPS) is 15.6. The van der Waals surface area contributed by atoms with Gasteiger partial charge in [0.2, 0.25) is 0 Å². The molecule has 1 aromatic rings. The van der Waals surface area contributed by atoms with Crippen LogP contribution in [0.2, 0.25) is 5.02 Å². The zero-order valence-corrected chi connectivity index (χ0v) is 17.9. The van der Waals surface area contributed by atoms with E-state index in [4.69, 9.17) is 35.6 Å². The smallest absolute Gasteiger partial charge is 0.466 e. The minimum atomic E-state index is -4.64. The molecule has 1 aliphatic heterocycles. The number of piperidine rings is 1. The van der Waals surface area contributed by atoms with Gasteiger partial charge in [-0.15, -0.1) is 0 Å². The number of benzene rings is 1. The predicted octanol–water partition coefficient (Wildman–Crippen LogP) is 2.66. The van der Waals surface area contributed by atoms with Crippen LogP contribution in [0.5, 0.6) is 0 Å². The Labute approximate surface area is 175 Å². The molecule has 1 aromatic carbocycles. The average Bonchev–Trinajstić information content (AvgIpc) is 2.65. The van der Waals surface area contributed by atoms with Crippen molar-refractivity contribution in [2.75, 3.05) is 26.2 Å². The van der Waals surface area contributed by atoms with Crippen molar-refractivity contribution in [2.45, 2.75) is 26.2 Å². The van der Waals surface area contributed by atoms with Crippen LogP contribution in [0.15, 0.2) is 30.3 Å². The van der Waals surface area contributed by atoms with E-state index in [-0.39, 0.29) is 17.7 Å². The van der Waals surface area contributed by atoms with Crippen LogP contribution < -0.4 is 0 Å². The summed E-state index contributed by atoms with van der Waals surface area (Å²) in [6.07, 6.45) is 5.55. The van der Waals surface area contributed by atoms with Crippen molar-refractivity contribution < 1.29 is 33.6 Å². The predicted molar refractivity (Wildman–Crippen MR) is 110 cm³/mol. The molecule has 10 heteroatoms. The van der Waals surface area contributed by atoms with Crippen LogP contribution in [0.4, 0.5) is 0 Å². The van der Waals surface area contributed by atoms with E-state index >= 15 is 0 Å². The number of ketones is 1. The summed E-state index contributed by atoms with van der Waals surface area (Å²) in [6.45, 7) is 4.69. The van der Waals surface area contributed by atoms with E-state index in [1.807, 2.05) is 25.1 Å². The molecule has 1 saturated heterocycles. The van der Waals surface area contributed by atoms with Gasteiger partial charge in [0.05, 0.1) is 12.5 Å². The fraction of sp³-hybridized carbons (Fsp3) is 0.474. The highest BCUT2D eigenvalue weighted by Gasteiger charge is 2.25. The molecule has 8 nitrogen and oxygen atoms in total. The topological polar surface area (TPSA) is 124 Å². The second kappa shape index (κ2) is 12.9. The van der Waals surface area contributed by atoms with Crippen LogP contribution in [-0.2, 0) is 18.9 Å². The first kappa shape index (κ1) is 25.5. The van der Waals surface area contributed by atoms with Crippen molar-refractivity contribution in [3.63, 3.8) is 0 Å². The largest absolute Gasteiger partial charge is 0.466 e. The third-order valence-electron chi connectivity index (χ3n) is 4.21. The van der Waals surface area contributed by atoms with Gasteiger partial charge in [-0.2, -0.15) is 0 Å². The van der Waals surface area contributed by atoms with E-state index < -0.39 is 7.82 Å². The number of carbonyl (C=O) groups excluding carboxylic acids is 2. The second-order valence-electron chi connectivity index (χ2n) is 6.48. The molecule has 0 radical (unpaired) electrons. The molecule has 29 heavy (non-hydrogen) atoms. The van der Waals surface area contributed by atoms with Crippen molar-refractivity contribution in [3.8, 4) is 0 Å². The van der Waals surface area contributed by atoms with Gasteiger partial charge in [0.25, 0.3) is 0 Å². The third kappa shape index (κ3) is 12.6. The highest BCUT2D eigenvalue weighted by atomic mass is 35.5. The lowest BCUT2D eigenvalue weighted by molar-refractivity contribution is -0.149. The molecule has 0 saturated carbocycles. The third-order valence-corrected chi connectivity index (χ3v) is 4.47.